The Morgan fingerprint density at radius 3 is 2.57 bits per heavy atom. The molecule has 128 valence electrons. The van der Waals surface area contributed by atoms with Crippen LogP contribution < -0.4 is 5.73 Å². The maximum absolute atomic E-state index is 12.7. The monoisotopic (exact) mass is 355 g/mol. The van der Waals surface area contributed by atoms with E-state index >= 15 is 0 Å². The van der Waals surface area contributed by atoms with Crippen LogP contribution in [0.2, 0.25) is 0 Å². The lowest BCUT2D eigenvalue weighted by atomic mass is 9.92. The van der Waals surface area contributed by atoms with Crippen LogP contribution in [0.1, 0.15) is 37.8 Å². The largest absolute Gasteiger partial charge is 0.369 e. The average Bonchev–Trinajstić information content (AvgIpc) is 2.75. The molecule has 1 aliphatic rings. The van der Waals surface area contributed by atoms with Gasteiger partial charge in [0.2, 0.25) is 11.8 Å². The Morgan fingerprint density at radius 2 is 2.00 bits per heavy atom. The van der Waals surface area contributed by atoms with Gasteiger partial charge in [0.1, 0.15) is 0 Å². The van der Waals surface area contributed by atoms with Crippen molar-refractivity contribution in [1.82, 2.24) is 9.88 Å². The van der Waals surface area contributed by atoms with Gasteiger partial charge in [-0.1, -0.05) is 25.6 Å². The Balaban J connectivity index is 1.99. The first kappa shape index (κ1) is 18.3. The molecule has 3 unspecified atom stereocenters. The number of aryl methyl sites for hydroxylation is 1. The van der Waals surface area contributed by atoms with E-state index in [0.29, 0.717) is 11.8 Å². The summed E-state index contributed by atoms with van der Waals surface area (Å²) >= 11 is 2.94. The van der Waals surface area contributed by atoms with Gasteiger partial charge in [0.25, 0.3) is 0 Å². The second-order valence-corrected chi connectivity index (χ2v) is 9.25. The van der Waals surface area contributed by atoms with E-state index in [2.05, 4.69) is 18.8 Å². The summed E-state index contributed by atoms with van der Waals surface area (Å²) in [5, 5.41) is -0.167. The minimum atomic E-state index is -0.353. The summed E-state index contributed by atoms with van der Waals surface area (Å²) < 4.78 is 0.831. The number of piperidine rings is 1. The highest BCUT2D eigenvalue weighted by Crippen LogP contribution is 2.32. The Bertz CT molecular complexity index is 578. The van der Waals surface area contributed by atoms with Crippen LogP contribution in [0.4, 0.5) is 0 Å². The number of carbonyl (C=O) groups excluding carboxylic acids is 2. The number of rotatable bonds is 5. The van der Waals surface area contributed by atoms with Crippen molar-refractivity contribution in [2.75, 3.05) is 13.1 Å². The van der Waals surface area contributed by atoms with E-state index in [1.807, 2.05) is 18.7 Å². The van der Waals surface area contributed by atoms with Gasteiger partial charge in [0.05, 0.1) is 17.4 Å². The van der Waals surface area contributed by atoms with Crippen LogP contribution in [0.5, 0.6) is 0 Å². The fourth-order valence-corrected chi connectivity index (χ4v) is 5.55. The maximum atomic E-state index is 12.7. The van der Waals surface area contributed by atoms with E-state index in [-0.39, 0.29) is 23.5 Å². The number of thiazole rings is 1. The number of aromatic nitrogens is 1. The van der Waals surface area contributed by atoms with E-state index in [1.54, 1.807) is 0 Å². The van der Waals surface area contributed by atoms with Crippen LogP contribution >= 0.6 is 23.1 Å². The highest BCUT2D eigenvalue weighted by Gasteiger charge is 2.29. The molecule has 0 bridgehead atoms. The van der Waals surface area contributed by atoms with E-state index in [0.717, 1.165) is 28.0 Å². The van der Waals surface area contributed by atoms with Crippen molar-refractivity contribution in [3.63, 3.8) is 0 Å². The molecule has 7 heteroatoms. The summed E-state index contributed by atoms with van der Waals surface area (Å²) in [5.74, 6) is 0.944. The molecule has 0 radical (unpaired) electrons. The second kappa shape index (κ2) is 7.66. The van der Waals surface area contributed by atoms with Gasteiger partial charge in [-0.25, -0.2) is 4.98 Å². The molecular weight excluding hydrogens is 330 g/mol. The lowest BCUT2D eigenvalue weighted by molar-refractivity contribution is -0.133. The third-order valence-electron chi connectivity index (χ3n) is 4.01. The molecule has 1 aliphatic heterocycles. The summed E-state index contributed by atoms with van der Waals surface area (Å²) in [6.45, 7) is 9.90. The number of thioether (sulfide) groups is 1. The summed E-state index contributed by atoms with van der Waals surface area (Å²) in [4.78, 5) is 31.1. The minimum absolute atomic E-state index is 0.167. The maximum Gasteiger partial charge on any atom is 0.235 e. The predicted octanol–water partition coefficient (Wildman–Crippen LogP) is 2.46. The highest BCUT2D eigenvalue weighted by molar-refractivity contribution is 8.02. The van der Waals surface area contributed by atoms with Gasteiger partial charge in [0.15, 0.2) is 4.34 Å². The molecule has 0 spiro atoms. The standard InChI is InChI=1S/C16H25N3O2S2/c1-9-5-10(2)8-19(7-9)15(21)12(4)22-16-18-11(3)13(23-16)6-14(17)20/h9-10,12H,5-8H2,1-4H3,(H2,17,20). The highest BCUT2D eigenvalue weighted by atomic mass is 32.2. The topological polar surface area (TPSA) is 76.3 Å². The van der Waals surface area contributed by atoms with Crippen LogP contribution in [0.3, 0.4) is 0 Å². The van der Waals surface area contributed by atoms with Gasteiger partial charge >= 0.3 is 0 Å². The first-order valence-corrected chi connectivity index (χ1v) is 9.66. The molecular formula is C16H25N3O2S2. The van der Waals surface area contributed by atoms with Crippen LogP contribution in [0.25, 0.3) is 0 Å². The number of nitrogens with zero attached hydrogens (tertiary/aromatic N) is 2. The summed E-state index contributed by atoms with van der Waals surface area (Å²) in [6, 6.07) is 0. The number of hydrogen-bond acceptors (Lipinski definition) is 5. The number of likely N-dealkylation sites (tertiary alicyclic amines) is 1. The lowest BCUT2D eigenvalue weighted by Crippen LogP contribution is -2.45. The van der Waals surface area contributed by atoms with Gasteiger partial charge < -0.3 is 10.6 Å². The molecule has 5 nitrogen and oxygen atoms in total. The quantitative estimate of drug-likeness (QED) is 0.823. The Morgan fingerprint density at radius 1 is 1.39 bits per heavy atom. The number of hydrogen-bond donors (Lipinski definition) is 1. The first-order valence-electron chi connectivity index (χ1n) is 7.96. The van der Waals surface area contributed by atoms with Crippen molar-refractivity contribution < 1.29 is 9.59 Å². The molecule has 1 aromatic rings. The van der Waals surface area contributed by atoms with E-state index in [9.17, 15) is 9.59 Å². The van der Waals surface area contributed by atoms with Crippen molar-refractivity contribution in [3.8, 4) is 0 Å². The zero-order chi connectivity index (χ0) is 17.1. The third-order valence-corrected chi connectivity index (χ3v) is 6.35. The zero-order valence-corrected chi connectivity index (χ0v) is 15.8. The molecule has 1 saturated heterocycles. The summed E-state index contributed by atoms with van der Waals surface area (Å²) in [5.41, 5.74) is 6.08. The van der Waals surface area contributed by atoms with Gasteiger partial charge in [0, 0.05) is 18.0 Å². The Labute approximate surface area is 146 Å². The number of amides is 2. The van der Waals surface area contributed by atoms with Crippen LogP contribution in [0.15, 0.2) is 4.34 Å². The lowest BCUT2D eigenvalue weighted by Gasteiger charge is -2.36. The molecule has 3 atom stereocenters. The fraction of sp³-hybridized carbons (Fsp3) is 0.688. The SMILES string of the molecule is Cc1nc(SC(C)C(=O)N2CC(C)CC(C)C2)sc1CC(N)=O. The van der Waals surface area contributed by atoms with Gasteiger partial charge in [-0.15, -0.1) is 11.3 Å². The van der Waals surface area contributed by atoms with Crippen LogP contribution in [-0.2, 0) is 16.0 Å². The number of primary amides is 1. The van der Waals surface area contributed by atoms with Crippen molar-refractivity contribution in [2.24, 2.45) is 17.6 Å². The fourth-order valence-electron chi connectivity index (χ4n) is 3.08. The first-order chi connectivity index (χ1) is 10.8. The number of carbonyl (C=O) groups is 2. The molecule has 1 fully saturated rings. The van der Waals surface area contributed by atoms with Crippen LogP contribution in [0, 0.1) is 18.8 Å². The molecule has 2 amide bonds. The van der Waals surface area contributed by atoms with Crippen molar-refractivity contribution in [1.29, 1.82) is 0 Å². The minimum Gasteiger partial charge on any atom is -0.369 e. The van der Waals surface area contributed by atoms with Gasteiger partial charge in [-0.2, -0.15) is 0 Å². The molecule has 2 rings (SSSR count). The molecule has 2 heterocycles. The Hall–Kier alpha value is -1.08. The Kier molecular flexibility index (Phi) is 6.08. The van der Waals surface area contributed by atoms with Crippen molar-refractivity contribution >= 4 is 34.9 Å². The van der Waals surface area contributed by atoms with Gasteiger partial charge in [-0.05, 0) is 32.1 Å². The molecule has 23 heavy (non-hydrogen) atoms. The van der Waals surface area contributed by atoms with Gasteiger partial charge in [-0.3, -0.25) is 9.59 Å². The molecule has 2 N–H and O–H groups in total. The second-order valence-electron chi connectivity index (χ2n) is 6.58. The normalized spacial score (nSPS) is 22.9. The van der Waals surface area contributed by atoms with E-state index < -0.39 is 0 Å². The molecule has 0 aromatic carbocycles. The third kappa shape index (κ3) is 4.94. The van der Waals surface area contributed by atoms with E-state index in [4.69, 9.17) is 5.73 Å². The number of nitrogens with two attached hydrogens (primary N) is 1. The van der Waals surface area contributed by atoms with Crippen LogP contribution in [-0.4, -0.2) is 40.0 Å². The van der Waals surface area contributed by atoms with Crippen molar-refractivity contribution in [3.05, 3.63) is 10.6 Å². The van der Waals surface area contributed by atoms with E-state index in [1.165, 1.54) is 29.5 Å². The average molecular weight is 356 g/mol. The smallest absolute Gasteiger partial charge is 0.235 e. The predicted molar refractivity (Wildman–Crippen MR) is 94.6 cm³/mol. The summed E-state index contributed by atoms with van der Waals surface area (Å²) in [7, 11) is 0. The summed E-state index contributed by atoms with van der Waals surface area (Å²) in [6.07, 6.45) is 1.40. The van der Waals surface area contributed by atoms with Crippen molar-refractivity contribution in [2.45, 2.75) is 50.1 Å². The molecule has 0 saturated carbocycles. The molecule has 1 aromatic heterocycles. The molecule has 0 aliphatic carbocycles. The zero-order valence-electron chi connectivity index (χ0n) is 14.2.